The van der Waals surface area contributed by atoms with E-state index in [1.807, 2.05) is 42.5 Å². The quantitative estimate of drug-likeness (QED) is 0.874. The monoisotopic (exact) mass is 343 g/mol. The van der Waals surface area contributed by atoms with Gasteiger partial charge in [-0.05, 0) is 36.2 Å². The van der Waals surface area contributed by atoms with E-state index in [4.69, 9.17) is 17.3 Å². The highest BCUT2D eigenvalue weighted by molar-refractivity contribution is 6.30. The Hall–Kier alpha value is -2.37. The number of nitrogens with one attached hydrogen (secondary N) is 1. The van der Waals surface area contributed by atoms with Gasteiger partial charge in [0.2, 0.25) is 11.8 Å². The van der Waals surface area contributed by atoms with Crippen LogP contribution >= 0.6 is 11.6 Å². The van der Waals surface area contributed by atoms with Crippen LogP contribution in [0.15, 0.2) is 54.6 Å². The van der Waals surface area contributed by atoms with Crippen LogP contribution in [-0.2, 0) is 9.59 Å². The van der Waals surface area contributed by atoms with E-state index in [-0.39, 0.29) is 5.91 Å². The van der Waals surface area contributed by atoms with Gasteiger partial charge >= 0.3 is 0 Å². The first-order chi connectivity index (χ1) is 11.6. The van der Waals surface area contributed by atoms with E-state index in [1.54, 1.807) is 17.0 Å². The summed E-state index contributed by atoms with van der Waals surface area (Å²) >= 11 is 5.89. The lowest BCUT2D eigenvalue weighted by Gasteiger charge is -2.21. The van der Waals surface area contributed by atoms with Crippen molar-refractivity contribution < 1.29 is 9.59 Å². The number of halogens is 1. The highest BCUT2D eigenvalue weighted by atomic mass is 35.5. The zero-order valence-corrected chi connectivity index (χ0v) is 13.7. The van der Waals surface area contributed by atoms with Gasteiger partial charge in [0.1, 0.15) is 6.04 Å². The van der Waals surface area contributed by atoms with E-state index in [9.17, 15) is 9.59 Å². The van der Waals surface area contributed by atoms with Gasteiger partial charge in [0.15, 0.2) is 0 Å². The maximum atomic E-state index is 12.7. The van der Waals surface area contributed by atoms with Crippen LogP contribution < -0.4 is 16.0 Å². The Morgan fingerprint density at radius 3 is 2.46 bits per heavy atom. The molecule has 0 aromatic heterocycles. The molecule has 2 aromatic carbocycles. The molecule has 24 heavy (non-hydrogen) atoms. The fourth-order valence-corrected chi connectivity index (χ4v) is 3.03. The summed E-state index contributed by atoms with van der Waals surface area (Å²) in [6.07, 6.45) is 0.609. The van der Waals surface area contributed by atoms with Gasteiger partial charge in [0.05, 0.1) is 6.04 Å². The van der Waals surface area contributed by atoms with Crippen LogP contribution in [0.2, 0.25) is 5.02 Å². The van der Waals surface area contributed by atoms with Crippen molar-refractivity contribution in [3.05, 3.63) is 65.2 Å². The van der Waals surface area contributed by atoms with Gasteiger partial charge in [-0.15, -0.1) is 0 Å². The molecule has 0 spiro atoms. The van der Waals surface area contributed by atoms with E-state index in [0.717, 1.165) is 11.3 Å². The second-order valence-corrected chi connectivity index (χ2v) is 6.16. The molecule has 1 aliphatic heterocycles. The second-order valence-electron chi connectivity index (χ2n) is 5.72. The Bertz CT molecular complexity index is 734. The van der Waals surface area contributed by atoms with Gasteiger partial charge in [-0.1, -0.05) is 41.9 Å². The third-order valence-electron chi connectivity index (χ3n) is 4.13. The Morgan fingerprint density at radius 2 is 1.83 bits per heavy atom. The predicted molar refractivity (Wildman–Crippen MR) is 93.7 cm³/mol. The summed E-state index contributed by atoms with van der Waals surface area (Å²) in [5.41, 5.74) is 7.06. The third-order valence-corrected chi connectivity index (χ3v) is 4.38. The molecule has 3 N–H and O–H groups in total. The molecule has 0 saturated carbocycles. The minimum Gasteiger partial charge on any atom is -0.368 e. The van der Waals surface area contributed by atoms with Crippen LogP contribution in [0.5, 0.6) is 0 Å². The minimum absolute atomic E-state index is 0.0699. The van der Waals surface area contributed by atoms with Crippen molar-refractivity contribution in [2.24, 2.45) is 5.73 Å². The molecular formula is C18H18ClN3O2. The van der Waals surface area contributed by atoms with Gasteiger partial charge in [0.25, 0.3) is 0 Å². The van der Waals surface area contributed by atoms with Crippen LogP contribution in [0.4, 0.5) is 5.69 Å². The number of nitrogens with two attached hydrogens (primary N) is 1. The molecule has 1 saturated heterocycles. The van der Waals surface area contributed by atoms with Crippen LogP contribution in [0.1, 0.15) is 18.0 Å². The number of carbonyl (C=O) groups excluding carboxylic acids is 2. The van der Waals surface area contributed by atoms with Gasteiger partial charge in [-0.3, -0.25) is 14.9 Å². The van der Waals surface area contributed by atoms with Crippen molar-refractivity contribution in [3.8, 4) is 0 Å². The average molecular weight is 344 g/mol. The van der Waals surface area contributed by atoms with Gasteiger partial charge in [-0.2, -0.15) is 0 Å². The Kier molecular flexibility index (Phi) is 4.83. The van der Waals surface area contributed by atoms with Gasteiger partial charge in [-0.25, -0.2) is 0 Å². The van der Waals surface area contributed by atoms with E-state index >= 15 is 0 Å². The zero-order chi connectivity index (χ0) is 17.1. The third kappa shape index (κ3) is 3.42. The molecule has 2 aromatic rings. The molecule has 1 fully saturated rings. The highest BCUT2D eigenvalue weighted by Gasteiger charge is 2.35. The van der Waals surface area contributed by atoms with Crippen molar-refractivity contribution in [1.29, 1.82) is 0 Å². The van der Waals surface area contributed by atoms with E-state index in [0.29, 0.717) is 18.0 Å². The van der Waals surface area contributed by atoms with Crippen molar-refractivity contribution in [2.75, 3.05) is 11.4 Å². The Morgan fingerprint density at radius 1 is 1.17 bits per heavy atom. The molecule has 0 bridgehead atoms. The Labute approximate surface area is 145 Å². The molecule has 2 unspecified atom stereocenters. The van der Waals surface area contributed by atoms with Gasteiger partial charge < -0.3 is 10.6 Å². The first-order valence-corrected chi connectivity index (χ1v) is 8.11. The summed E-state index contributed by atoms with van der Waals surface area (Å²) in [4.78, 5) is 26.2. The number of primary amides is 1. The number of rotatable bonds is 5. The topological polar surface area (TPSA) is 75.4 Å². The Balaban J connectivity index is 1.75. The summed E-state index contributed by atoms with van der Waals surface area (Å²) in [7, 11) is 0. The van der Waals surface area contributed by atoms with Gasteiger partial charge in [0, 0.05) is 17.3 Å². The lowest BCUT2D eigenvalue weighted by molar-refractivity contribution is -0.121. The van der Waals surface area contributed by atoms with E-state index in [2.05, 4.69) is 5.32 Å². The first kappa shape index (κ1) is 16.5. The second kappa shape index (κ2) is 7.03. The molecule has 124 valence electrons. The summed E-state index contributed by atoms with van der Waals surface area (Å²) in [6, 6.07) is 15.2. The molecule has 1 aliphatic rings. The number of amides is 2. The maximum Gasteiger partial charge on any atom is 0.244 e. The predicted octanol–water partition coefficient (Wildman–Crippen LogP) is 2.26. The summed E-state index contributed by atoms with van der Waals surface area (Å²) < 4.78 is 0. The highest BCUT2D eigenvalue weighted by Crippen LogP contribution is 2.25. The van der Waals surface area contributed by atoms with Crippen LogP contribution in [0, 0.1) is 0 Å². The number of hydrogen-bond acceptors (Lipinski definition) is 3. The first-order valence-electron chi connectivity index (χ1n) is 7.73. The van der Waals surface area contributed by atoms with Crippen molar-refractivity contribution >= 4 is 29.1 Å². The fourth-order valence-electron chi connectivity index (χ4n) is 2.90. The molecule has 0 aliphatic carbocycles. The lowest BCUT2D eigenvalue weighted by atomic mass is 10.0. The molecular weight excluding hydrogens is 326 g/mol. The number of nitrogens with zero attached hydrogens (tertiary/aromatic N) is 1. The van der Waals surface area contributed by atoms with Crippen LogP contribution in [0.25, 0.3) is 0 Å². The summed E-state index contributed by atoms with van der Waals surface area (Å²) in [5.74, 6) is -0.571. The molecule has 2 amide bonds. The standard InChI is InChI=1S/C18H18ClN3O2/c19-13-6-8-14(9-7-13)22-11-10-15(18(22)24)21-16(17(20)23)12-4-2-1-3-5-12/h1-9,15-16,21H,10-11H2,(H2,20,23). The average Bonchev–Trinajstić information content (AvgIpc) is 2.94. The minimum atomic E-state index is -0.690. The van der Waals surface area contributed by atoms with Crippen molar-refractivity contribution in [1.82, 2.24) is 5.32 Å². The van der Waals surface area contributed by atoms with E-state index < -0.39 is 18.0 Å². The summed E-state index contributed by atoms with van der Waals surface area (Å²) in [6.45, 7) is 0.582. The lowest BCUT2D eigenvalue weighted by Crippen LogP contribution is -2.44. The molecule has 0 radical (unpaired) electrons. The zero-order valence-electron chi connectivity index (χ0n) is 13.0. The smallest absolute Gasteiger partial charge is 0.244 e. The number of carbonyl (C=O) groups is 2. The van der Waals surface area contributed by atoms with E-state index in [1.165, 1.54) is 0 Å². The molecule has 3 rings (SSSR count). The fraction of sp³-hybridized carbons (Fsp3) is 0.222. The number of benzene rings is 2. The largest absolute Gasteiger partial charge is 0.368 e. The SMILES string of the molecule is NC(=O)C(NC1CCN(c2ccc(Cl)cc2)C1=O)c1ccccc1. The molecule has 1 heterocycles. The summed E-state index contributed by atoms with van der Waals surface area (Å²) in [5, 5.41) is 3.72. The molecule has 5 nitrogen and oxygen atoms in total. The molecule has 2 atom stereocenters. The van der Waals surface area contributed by atoms with Crippen molar-refractivity contribution in [2.45, 2.75) is 18.5 Å². The number of anilines is 1. The molecule has 6 heteroatoms. The van der Waals surface area contributed by atoms with Crippen LogP contribution in [-0.4, -0.2) is 24.4 Å². The maximum absolute atomic E-state index is 12.7. The number of hydrogen-bond donors (Lipinski definition) is 2. The van der Waals surface area contributed by atoms with Crippen LogP contribution in [0.3, 0.4) is 0 Å². The van der Waals surface area contributed by atoms with Crippen molar-refractivity contribution in [3.63, 3.8) is 0 Å². The normalized spacial score (nSPS) is 18.6.